The summed E-state index contributed by atoms with van der Waals surface area (Å²) in [5, 5.41) is 3.49. The molecule has 0 aromatic heterocycles. The van der Waals surface area contributed by atoms with Gasteiger partial charge in [0, 0.05) is 6.54 Å². The van der Waals surface area contributed by atoms with Crippen LogP contribution in [0.3, 0.4) is 0 Å². The summed E-state index contributed by atoms with van der Waals surface area (Å²) in [5.74, 6) is 1.49. The minimum Gasteiger partial charge on any atom is -0.497 e. The van der Waals surface area contributed by atoms with Crippen LogP contribution in [0.1, 0.15) is 45.3 Å². The first-order valence-electron chi connectivity index (χ1n) is 7.77. The van der Waals surface area contributed by atoms with E-state index >= 15 is 0 Å². The van der Waals surface area contributed by atoms with Crippen molar-refractivity contribution in [2.45, 2.75) is 45.8 Å². The number of ether oxygens (including phenoxy) is 1. The number of nitrogens with zero attached hydrogens (tertiary/aromatic N) is 1. The fourth-order valence-corrected chi connectivity index (χ4v) is 2.85. The maximum absolute atomic E-state index is 12.6. The topological polar surface area (TPSA) is 41.6 Å². The molecule has 2 unspecified atom stereocenters. The number of carbonyl (C=O) groups excluding carboxylic acids is 1. The molecule has 1 aliphatic rings. The Hall–Kier alpha value is -1.55. The number of methoxy groups -OCH3 is 1. The van der Waals surface area contributed by atoms with E-state index in [4.69, 9.17) is 4.74 Å². The van der Waals surface area contributed by atoms with E-state index < -0.39 is 0 Å². The minimum atomic E-state index is -0.0649. The highest BCUT2D eigenvalue weighted by atomic mass is 16.5. The van der Waals surface area contributed by atoms with E-state index in [1.165, 1.54) is 0 Å². The van der Waals surface area contributed by atoms with Crippen LogP contribution in [0.4, 0.5) is 0 Å². The fourth-order valence-electron chi connectivity index (χ4n) is 2.85. The Balaban J connectivity index is 2.27. The van der Waals surface area contributed by atoms with Gasteiger partial charge < -0.3 is 9.64 Å². The van der Waals surface area contributed by atoms with Crippen LogP contribution in [0, 0.1) is 5.92 Å². The zero-order valence-electron chi connectivity index (χ0n) is 13.4. The number of carbonyl (C=O) groups is 1. The number of nitrogens with one attached hydrogen (secondary N) is 1. The summed E-state index contributed by atoms with van der Waals surface area (Å²) in [6, 6.07) is 7.89. The number of amides is 1. The molecule has 2 rings (SSSR count). The van der Waals surface area contributed by atoms with Gasteiger partial charge in [-0.1, -0.05) is 39.3 Å². The van der Waals surface area contributed by atoms with Crippen molar-refractivity contribution in [2.75, 3.05) is 13.7 Å². The highest BCUT2D eigenvalue weighted by Gasteiger charge is 2.39. The van der Waals surface area contributed by atoms with Crippen LogP contribution >= 0.6 is 0 Å². The molecular weight excluding hydrogens is 264 g/mol. The van der Waals surface area contributed by atoms with Gasteiger partial charge in [-0.05, 0) is 30.0 Å². The number of hydrogen-bond donors (Lipinski definition) is 1. The highest BCUT2D eigenvalue weighted by molar-refractivity contribution is 5.84. The molecule has 0 saturated carbocycles. The Bertz CT molecular complexity index is 487. The molecule has 0 spiro atoms. The average molecular weight is 290 g/mol. The molecule has 4 nitrogen and oxygen atoms in total. The van der Waals surface area contributed by atoms with Gasteiger partial charge in [0.25, 0.3) is 0 Å². The number of hydrogen-bond acceptors (Lipinski definition) is 3. The van der Waals surface area contributed by atoms with Crippen molar-refractivity contribution in [1.82, 2.24) is 10.2 Å². The molecule has 116 valence electrons. The maximum Gasteiger partial charge on any atom is 0.241 e. The molecule has 4 heteroatoms. The van der Waals surface area contributed by atoms with E-state index in [0.717, 1.165) is 30.7 Å². The molecule has 1 aliphatic heterocycles. The molecule has 0 bridgehead atoms. The lowest BCUT2D eigenvalue weighted by Crippen LogP contribution is -2.34. The maximum atomic E-state index is 12.6. The highest BCUT2D eigenvalue weighted by Crippen LogP contribution is 2.29. The lowest BCUT2D eigenvalue weighted by molar-refractivity contribution is -0.130. The van der Waals surface area contributed by atoms with Gasteiger partial charge in [0.2, 0.25) is 5.91 Å². The monoisotopic (exact) mass is 290 g/mol. The van der Waals surface area contributed by atoms with Crippen molar-refractivity contribution in [3.8, 4) is 5.75 Å². The van der Waals surface area contributed by atoms with Crippen LogP contribution in [0.5, 0.6) is 5.75 Å². The number of rotatable bonds is 6. The van der Waals surface area contributed by atoms with E-state index in [2.05, 4.69) is 32.2 Å². The number of benzene rings is 1. The van der Waals surface area contributed by atoms with Crippen molar-refractivity contribution in [2.24, 2.45) is 5.92 Å². The Kier molecular flexibility index (Phi) is 5.23. The van der Waals surface area contributed by atoms with Gasteiger partial charge in [0.1, 0.15) is 11.9 Å². The van der Waals surface area contributed by atoms with Gasteiger partial charge in [0.15, 0.2) is 0 Å². The van der Waals surface area contributed by atoms with Gasteiger partial charge in [-0.25, -0.2) is 0 Å². The van der Waals surface area contributed by atoms with Crippen molar-refractivity contribution >= 4 is 5.91 Å². The van der Waals surface area contributed by atoms with Crippen molar-refractivity contribution in [3.05, 3.63) is 29.8 Å². The summed E-state index contributed by atoms with van der Waals surface area (Å²) in [6.07, 6.45) is 1.84. The van der Waals surface area contributed by atoms with Crippen molar-refractivity contribution in [3.63, 3.8) is 0 Å². The molecule has 1 saturated heterocycles. The fraction of sp³-hybridized carbons (Fsp3) is 0.588. The van der Waals surface area contributed by atoms with Crippen molar-refractivity contribution in [1.29, 1.82) is 0 Å². The molecule has 1 heterocycles. The first-order valence-corrected chi connectivity index (χ1v) is 7.77. The summed E-state index contributed by atoms with van der Waals surface area (Å²) in [6.45, 7) is 7.17. The van der Waals surface area contributed by atoms with Crippen LogP contribution in [-0.2, 0) is 4.79 Å². The Morgan fingerprint density at radius 2 is 2.14 bits per heavy atom. The smallest absolute Gasteiger partial charge is 0.241 e. The zero-order valence-corrected chi connectivity index (χ0v) is 13.4. The van der Waals surface area contributed by atoms with E-state index in [1.54, 1.807) is 7.11 Å². The quantitative estimate of drug-likeness (QED) is 0.876. The molecule has 0 aliphatic carbocycles. The predicted octanol–water partition coefficient (Wildman–Crippen LogP) is 2.95. The lowest BCUT2D eigenvalue weighted by atomic mass is 10.1. The molecule has 1 fully saturated rings. The van der Waals surface area contributed by atoms with Crippen LogP contribution in [0.2, 0.25) is 0 Å². The first kappa shape index (κ1) is 15.8. The van der Waals surface area contributed by atoms with Gasteiger partial charge in [-0.3, -0.25) is 10.1 Å². The molecule has 1 aromatic carbocycles. The predicted molar refractivity (Wildman–Crippen MR) is 84.1 cm³/mol. The summed E-state index contributed by atoms with van der Waals surface area (Å²) >= 11 is 0. The van der Waals surface area contributed by atoms with Crippen molar-refractivity contribution < 1.29 is 9.53 Å². The average Bonchev–Trinajstić information content (AvgIpc) is 2.76. The molecule has 1 N–H and O–H groups in total. The van der Waals surface area contributed by atoms with Crippen LogP contribution in [0.25, 0.3) is 0 Å². The van der Waals surface area contributed by atoms with Crippen LogP contribution in [-0.4, -0.2) is 30.5 Å². The minimum absolute atomic E-state index is 0.0495. The molecule has 2 atom stereocenters. The Morgan fingerprint density at radius 1 is 1.38 bits per heavy atom. The SMILES string of the molecule is CCCC1NC(c2cccc(OC)c2)N(CC(C)C)C1=O. The van der Waals surface area contributed by atoms with Gasteiger partial charge in [0.05, 0.1) is 13.2 Å². The zero-order chi connectivity index (χ0) is 15.4. The van der Waals surface area contributed by atoms with Crippen LogP contribution < -0.4 is 10.1 Å². The summed E-state index contributed by atoms with van der Waals surface area (Å²) in [7, 11) is 1.66. The van der Waals surface area contributed by atoms with E-state index in [9.17, 15) is 4.79 Å². The van der Waals surface area contributed by atoms with Gasteiger partial charge >= 0.3 is 0 Å². The van der Waals surface area contributed by atoms with Gasteiger partial charge in [-0.15, -0.1) is 0 Å². The summed E-state index contributed by atoms with van der Waals surface area (Å²) in [4.78, 5) is 14.6. The summed E-state index contributed by atoms with van der Waals surface area (Å²) in [5.41, 5.74) is 1.09. The van der Waals surface area contributed by atoms with Gasteiger partial charge in [-0.2, -0.15) is 0 Å². The summed E-state index contributed by atoms with van der Waals surface area (Å²) < 4.78 is 5.30. The third-order valence-electron chi connectivity index (χ3n) is 3.80. The molecule has 1 aromatic rings. The first-order chi connectivity index (χ1) is 10.1. The standard InChI is InChI=1S/C17H26N2O2/c1-5-7-15-17(20)19(11-12(2)3)16(18-15)13-8-6-9-14(10-13)21-4/h6,8-10,12,15-16,18H,5,7,11H2,1-4H3. The normalized spacial score (nSPS) is 22.1. The van der Waals surface area contributed by atoms with E-state index in [0.29, 0.717) is 5.92 Å². The molecular formula is C17H26N2O2. The largest absolute Gasteiger partial charge is 0.497 e. The third-order valence-corrected chi connectivity index (χ3v) is 3.80. The second-order valence-electron chi connectivity index (χ2n) is 6.07. The second kappa shape index (κ2) is 6.94. The van der Waals surface area contributed by atoms with E-state index in [-0.39, 0.29) is 18.1 Å². The van der Waals surface area contributed by atoms with Crippen LogP contribution in [0.15, 0.2) is 24.3 Å². The Morgan fingerprint density at radius 3 is 2.76 bits per heavy atom. The second-order valence-corrected chi connectivity index (χ2v) is 6.07. The van der Waals surface area contributed by atoms with E-state index in [1.807, 2.05) is 23.1 Å². The third kappa shape index (κ3) is 3.56. The molecule has 1 amide bonds. The molecule has 21 heavy (non-hydrogen) atoms. The molecule has 0 radical (unpaired) electrons. The lowest BCUT2D eigenvalue weighted by Gasteiger charge is -2.26. The Labute approximate surface area is 127 Å².